The van der Waals surface area contributed by atoms with Gasteiger partial charge in [-0.25, -0.2) is 0 Å². The quantitative estimate of drug-likeness (QED) is 0.692. The average molecular weight is 255 g/mol. The summed E-state index contributed by atoms with van der Waals surface area (Å²) >= 11 is 0. The molecular weight excluding hydrogens is 232 g/mol. The van der Waals surface area contributed by atoms with Crippen LogP contribution in [0.5, 0.6) is 0 Å². The Bertz CT molecular complexity index is 283. The molecule has 3 heteroatoms. The van der Waals surface area contributed by atoms with Gasteiger partial charge in [-0.1, -0.05) is 33.8 Å². The van der Waals surface area contributed by atoms with Crippen LogP contribution in [0.15, 0.2) is 18.2 Å². The highest BCUT2D eigenvalue weighted by atomic mass is 31.1. The van der Waals surface area contributed by atoms with E-state index in [0.29, 0.717) is 0 Å². The van der Waals surface area contributed by atoms with Crippen molar-refractivity contribution in [1.82, 2.24) is 4.98 Å². The summed E-state index contributed by atoms with van der Waals surface area (Å²) in [6, 6.07) is 6.49. The van der Waals surface area contributed by atoms with Crippen molar-refractivity contribution in [2.24, 2.45) is 0 Å². The SMILES string of the molecule is CC(C)PCc1cccc(CPC(C)C)n1. The van der Waals surface area contributed by atoms with Gasteiger partial charge in [-0.05, 0) is 23.5 Å². The van der Waals surface area contributed by atoms with Crippen molar-refractivity contribution in [2.75, 3.05) is 0 Å². The maximum absolute atomic E-state index is 4.73. The molecule has 2 unspecified atom stereocenters. The summed E-state index contributed by atoms with van der Waals surface area (Å²) in [6.07, 6.45) is 2.30. The molecule has 1 rings (SSSR count). The molecule has 0 aromatic carbocycles. The molecule has 16 heavy (non-hydrogen) atoms. The molecular formula is C13H23NP2. The molecule has 1 aromatic rings. The number of nitrogens with zero attached hydrogens (tertiary/aromatic N) is 1. The summed E-state index contributed by atoms with van der Waals surface area (Å²) in [5.74, 6) is 0. The third-order valence-electron chi connectivity index (χ3n) is 2.25. The zero-order valence-electron chi connectivity index (χ0n) is 10.7. The van der Waals surface area contributed by atoms with Crippen LogP contribution in [0.3, 0.4) is 0 Å². The van der Waals surface area contributed by atoms with E-state index >= 15 is 0 Å². The Morgan fingerprint density at radius 1 is 0.938 bits per heavy atom. The van der Waals surface area contributed by atoms with Crippen LogP contribution >= 0.6 is 17.2 Å². The molecule has 0 aliphatic rings. The van der Waals surface area contributed by atoms with Gasteiger partial charge in [0, 0.05) is 23.7 Å². The lowest BCUT2D eigenvalue weighted by Gasteiger charge is -2.08. The van der Waals surface area contributed by atoms with Gasteiger partial charge in [0.25, 0.3) is 0 Å². The van der Waals surface area contributed by atoms with Crippen molar-refractivity contribution in [3.8, 4) is 0 Å². The summed E-state index contributed by atoms with van der Waals surface area (Å²) < 4.78 is 0. The van der Waals surface area contributed by atoms with E-state index in [1.165, 1.54) is 11.4 Å². The molecule has 0 radical (unpaired) electrons. The summed E-state index contributed by atoms with van der Waals surface area (Å²) in [5.41, 5.74) is 4.14. The van der Waals surface area contributed by atoms with Gasteiger partial charge >= 0.3 is 0 Å². The number of hydrogen-bond donors (Lipinski definition) is 0. The van der Waals surface area contributed by atoms with Crippen LogP contribution in [0, 0.1) is 0 Å². The summed E-state index contributed by atoms with van der Waals surface area (Å²) in [6.45, 7) is 9.12. The van der Waals surface area contributed by atoms with Gasteiger partial charge in [0.2, 0.25) is 0 Å². The Kier molecular flexibility index (Phi) is 6.47. The highest BCUT2D eigenvalue weighted by Crippen LogP contribution is 2.25. The van der Waals surface area contributed by atoms with Crippen molar-refractivity contribution in [3.63, 3.8) is 0 Å². The maximum Gasteiger partial charge on any atom is 0.0447 e. The van der Waals surface area contributed by atoms with Crippen LogP contribution in [0.1, 0.15) is 39.1 Å². The number of pyridine rings is 1. The zero-order valence-corrected chi connectivity index (χ0v) is 12.7. The fourth-order valence-corrected chi connectivity index (χ4v) is 2.97. The predicted octanol–water partition coefficient (Wildman–Crippen LogP) is 4.26. The molecule has 0 bridgehead atoms. The fraction of sp³-hybridized carbons (Fsp3) is 0.615. The van der Waals surface area contributed by atoms with Crippen molar-refractivity contribution < 1.29 is 0 Å². The minimum absolute atomic E-state index is 0.794. The third-order valence-corrected chi connectivity index (χ3v) is 5.01. The van der Waals surface area contributed by atoms with Crippen LogP contribution in [-0.4, -0.2) is 16.3 Å². The van der Waals surface area contributed by atoms with E-state index in [4.69, 9.17) is 4.98 Å². The van der Waals surface area contributed by atoms with Gasteiger partial charge in [0.15, 0.2) is 0 Å². The average Bonchev–Trinajstić information content (AvgIpc) is 2.24. The first-order valence-electron chi connectivity index (χ1n) is 5.99. The normalized spacial score (nSPS) is 12.9. The Hall–Kier alpha value is 0.01000. The highest BCUT2D eigenvalue weighted by Gasteiger charge is 2.01. The van der Waals surface area contributed by atoms with Gasteiger partial charge in [-0.2, -0.15) is 0 Å². The number of aromatic nitrogens is 1. The smallest absolute Gasteiger partial charge is 0.0447 e. The molecule has 0 N–H and O–H groups in total. The lowest BCUT2D eigenvalue weighted by Crippen LogP contribution is -1.94. The second-order valence-corrected chi connectivity index (χ2v) is 8.52. The van der Waals surface area contributed by atoms with E-state index < -0.39 is 0 Å². The van der Waals surface area contributed by atoms with Crippen LogP contribution in [0.4, 0.5) is 0 Å². The van der Waals surface area contributed by atoms with E-state index in [2.05, 4.69) is 45.9 Å². The van der Waals surface area contributed by atoms with Crippen molar-refractivity contribution in [2.45, 2.75) is 51.3 Å². The fourth-order valence-electron chi connectivity index (χ4n) is 1.34. The van der Waals surface area contributed by atoms with Crippen molar-refractivity contribution in [1.29, 1.82) is 0 Å². The minimum atomic E-state index is 0.794. The van der Waals surface area contributed by atoms with Gasteiger partial charge in [0.05, 0.1) is 0 Å². The molecule has 2 atom stereocenters. The molecule has 0 aliphatic carbocycles. The number of hydrogen-bond acceptors (Lipinski definition) is 1. The lowest BCUT2D eigenvalue weighted by atomic mass is 10.3. The Morgan fingerprint density at radius 3 is 1.75 bits per heavy atom. The van der Waals surface area contributed by atoms with Crippen molar-refractivity contribution in [3.05, 3.63) is 29.6 Å². The molecule has 1 nitrogen and oxygen atoms in total. The Labute approximate surface area is 103 Å². The summed E-state index contributed by atoms with van der Waals surface area (Å²) in [7, 11) is 2.00. The maximum atomic E-state index is 4.73. The van der Waals surface area contributed by atoms with Gasteiger partial charge < -0.3 is 0 Å². The van der Waals surface area contributed by atoms with E-state index in [9.17, 15) is 0 Å². The minimum Gasteiger partial charge on any atom is -0.257 e. The second kappa shape index (κ2) is 7.36. The van der Waals surface area contributed by atoms with Crippen LogP contribution in [-0.2, 0) is 12.3 Å². The topological polar surface area (TPSA) is 12.9 Å². The Balaban J connectivity index is 2.50. The molecule has 0 spiro atoms. The predicted molar refractivity (Wildman–Crippen MR) is 78.5 cm³/mol. The first-order chi connectivity index (χ1) is 7.58. The molecule has 0 aliphatic heterocycles. The molecule has 0 fully saturated rings. The molecule has 0 saturated heterocycles. The second-order valence-electron chi connectivity index (χ2n) is 4.69. The molecule has 0 saturated carbocycles. The van der Waals surface area contributed by atoms with E-state index in [1.54, 1.807) is 0 Å². The Morgan fingerprint density at radius 2 is 1.38 bits per heavy atom. The van der Waals surface area contributed by atoms with Crippen LogP contribution < -0.4 is 0 Å². The van der Waals surface area contributed by atoms with Crippen LogP contribution in [0.2, 0.25) is 0 Å². The monoisotopic (exact) mass is 255 g/mol. The third kappa shape index (κ3) is 5.92. The largest absolute Gasteiger partial charge is 0.257 e. The van der Waals surface area contributed by atoms with Crippen molar-refractivity contribution >= 4 is 17.2 Å². The lowest BCUT2D eigenvalue weighted by molar-refractivity contribution is 1.04. The first-order valence-corrected chi connectivity index (χ1v) is 8.56. The standard InChI is InChI=1S/C13H23NP2/c1-10(2)15-8-12-6-5-7-13(14-12)9-16-11(3)4/h5-7,10-11,15-16H,8-9H2,1-4H3. The van der Waals surface area contributed by atoms with Gasteiger partial charge in [-0.3, -0.25) is 4.98 Å². The van der Waals surface area contributed by atoms with E-state index in [1.807, 2.05) is 0 Å². The van der Waals surface area contributed by atoms with Gasteiger partial charge in [0.1, 0.15) is 0 Å². The van der Waals surface area contributed by atoms with E-state index in [0.717, 1.165) is 40.8 Å². The summed E-state index contributed by atoms with van der Waals surface area (Å²) in [4.78, 5) is 4.73. The van der Waals surface area contributed by atoms with Crippen LogP contribution in [0.25, 0.3) is 0 Å². The first kappa shape index (κ1) is 14.1. The van der Waals surface area contributed by atoms with E-state index in [-0.39, 0.29) is 0 Å². The van der Waals surface area contributed by atoms with Gasteiger partial charge in [-0.15, -0.1) is 17.2 Å². The molecule has 1 heterocycles. The molecule has 1 aromatic heterocycles. The number of rotatable bonds is 6. The molecule has 0 amide bonds. The molecule has 90 valence electrons. The zero-order chi connectivity index (χ0) is 12.0. The summed E-state index contributed by atoms with van der Waals surface area (Å²) in [5, 5.41) is 0. The highest BCUT2D eigenvalue weighted by molar-refractivity contribution is 7.38.